The number of fused-ring (bicyclic) bond motifs is 1. The largest absolute Gasteiger partial charge is 0.386 e. The maximum atomic E-state index is 4.54. The third-order valence-corrected chi connectivity index (χ3v) is 9.16. The highest BCUT2D eigenvalue weighted by Gasteiger charge is 2.11. The molecular weight excluding hydrogens is 591 g/mol. The average Bonchev–Trinajstić information content (AvgIpc) is 3.17. The molecule has 0 unspecified atom stereocenters. The number of nitrogens with one attached hydrogen (secondary N) is 1. The maximum absolute atomic E-state index is 4.54. The van der Waals surface area contributed by atoms with Crippen LogP contribution in [0.15, 0.2) is 177 Å². The van der Waals surface area contributed by atoms with Gasteiger partial charge in [-0.3, -0.25) is 0 Å². The molecule has 0 aromatic heterocycles. The first-order valence-corrected chi connectivity index (χ1v) is 16.8. The fraction of sp³-hybridized carbons (Fsp3) is 0.0417. The molecule has 0 spiro atoms. The molecule has 6 aromatic rings. The molecule has 0 bridgehead atoms. The van der Waals surface area contributed by atoms with Gasteiger partial charge in [-0.15, -0.1) is 0 Å². The van der Waals surface area contributed by atoms with Crippen molar-refractivity contribution in [1.29, 1.82) is 0 Å². The van der Waals surface area contributed by atoms with Gasteiger partial charge in [0, 0.05) is 12.7 Å². The Morgan fingerprint density at radius 3 is 1.90 bits per heavy atom. The van der Waals surface area contributed by atoms with E-state index in [2.05, 4.69) is 195 Å². The van der Waals surface area contributed by atoms with Crippen molar-refractivity contribution in [3.63, 3.8) is 0 Å². The Morgan fingerprint density at radius 2 is 1.18 bits per heavy atom. The van der Waals surface area contributed by atoms with Crippen molar-refractivity contribution in [1.82, 2.24) is 5.32 Å². The molecule has 49 heavy (non-hydrogen) atoms. The molecular formula is C48H39N. The van der Waals surface area contributed by atoms with Crippen LogP contribution in [0.4, 0.5) is 0 Å². The summed E-state index contributed by atoms with van der Waals surface area (Å²) in [4.78, 5) is 0. The van der Waals surface area contributed by atoms with Crippen LogP contribution >= 0.6 is 0 Å². The van der Waals surface area contributed by atoms with Crippen molar-refractivity contribution >= 4 is 35.1 Å². The van der Waals surface area contributed by atoms with Gasteiger partial charge in [0.2, 0.25) is 0 Å². The molecule has 0 amide bonds. The van der Waals surface area contributed by atoms with E-state index in [-0.39, 0.29) is 0 Å². The van der Waals surface area contributed by atoms with Crippen molar-refractivity contribution in [2.45, 2.75) is 6.42 Å². The zero-order chi connectivity index (χ0) is 33.4. The molecule has 6 aromatic carbocycles. The Bertz CT molecular complexity index is 2390. The standard InChI is InChI=1S/C48H39N/c1-3-11-38-14-7-8-15-40(38)23-20-36-18-21-37(22-19-36)35(2)32-47(42-26-24-41(25-27-42)39-12-5-4-6-13-39)43-28-30-44(31-29-43)48-34-49-33-45-16-9-10-17-46(45)48/h3-19,21-33,49H,1-2,20,34H2/b38-11-,40-23-,47-32+. The quantitative estimate of drug-likeness (QED) is 0.160. The minimum Gasteiger partial charge on any atom is -0.386 e. The minimum absolute atomic E-state index is 0.810. The van der Waals surface area contributed by atoms with E-state index >= 15 is 0 Å². The first kappa shape index (κ1) is 31.4. The molecule has 0 saturated carbocycles. The lowest BCUT2D eigenvalue weighted by molar-refractivity contribution is 1.02. The van der Waals surface area contributed by atoms with Gasteiger partial charge >= 0.3 is 0 Å². The smallest absolute Gasteiger partial charge is 0.0407 e. The number of allylic oxidation sites excluding steroid dienone is 3. The fourth-order valence-electron chi connectivity index (χ4n) is 6.49. The number of benzene rings is 6. The van der Waals surface area contributed by atoms with E-state index in [1.807, 2.05) is 6.08 Å². The van der Waals surface area contributed by atoms with Gasteiger partial charge < -0.3 is 5.32 Å². The van der Waals surface area contributed by atoms with Gasteiger partial charge in [0.1, 0.15) is 0 Å². The third kappa shape index (κ3) is 7.22. The molecule has 1 heteroatoms. The second-order valence-electron chi connectivity index (χ2n) is 12.3. The highest BCUT2D eigenvalue weighted by molar-refractivity contribution is 5.90. The minimum atomic E-state index is 0.810. The van der Waals surface area contributed by atoms with Gasteiger partial charge in [-0.25, -0.2) is 0 Å². The summed E-state index contributed by atoms with van der Waals surface area (Å²) in [7, 11) is 0. The third-order valence-electron chi connectivity index (χ3n) is 9.16. The van der Waals surface area contributed by atoms with Crippen LogP contribution in [0.25, 0.3) is 46.2 Å². The summed E-state index contributed by atoms with van der Waals surface area (Å²) in [6.07, 6.45) is 11.4. The molecule has 1 heterocycles. The topological polar surface area (TPSA) is 12.0 Å². The highest BCUT2D eigenvalue weighted by atomic mass is 14.8. The van der Waals surface area contributed by atoms with Gasteiger partial charge in [-0.1, -0.05) is 183 Å². The molecule has 0 radical (unpaired) electrons. The van der Waals surface area contributed by atoms with Crippen LogP contribution in [-0.4, -0.2) is 6.54 Å². The second-order valence-corrected chi connectivity index (χ2v) is 12.3. The van der Waals surface area contributed by atoms with Crippen LogP contribution < -0.4 is 26.2 Å². The van der Waals surface area contributed by atoms with Gasteiger partial charge in [0.15, 0.2) is 0 Å². The molecule has 7 rings (SSSR count). The molecule has 1 aliphatic heterocycles. The first-order chi connectivity index (χ1) is 24.2. The van der Waals surface area contributed by atoms with E-state index in [1.54, 1.807) is 0 Å². The Hall–Kier alpha value is -6.18. The lowest BCUT2D eigenvalue weighted by Crippen LogP contribution is -2.36. The molecule has 236 valence electrons. The molecule has 1 nitrogen and oxygen atoms in total. The van der Waals surface area contributed by atoms with Crippen LogP contribution in [0.3, 0.4) is 0 Å². The van der Waals surface area contributed by atoms with E-state index in [9.17, 15) is 0 Å². The summed E-state index contributed by atoms with van der Waals surface area (Å²) in [5.41, 5.74) is 11.7. The average molecular weight is 630 g/mol. The number of rotatable bonds is 9. The van der Waals surface area contributed by atoms with Crippen molar-refractivity contribution in [2.75, 3.05) is 6.54 Å². The molecule has 0 saturated heterocycles. The predicted molar refractivity (Wildman–Crippen MR) is 210 cm³/mol. The molecule has 0 fully saturated rings. The summed E-state index contributed by atoms with van der Waals surface area (Å²) in [6.45, 7) is 9.21. The predicted octanol–water partition coefficient (Wildman–Crippen LogP) is 8.03. The molecule has 1 aliphatic rings. The summed E-state index contributed by atoms with van der Waals surface area (Å²) < 4.78 is 0. The van der Waals surface area contributed by atoms with E-state index in [0.29, 0.717) is 0 Å². The molecule has 1 N–H and O–H groups in total. The van der Waals surface area contributed by atoms with Crippen molar-refractivity contribution in [2.24, 2.45) is 0 Å². The fourth-order valence-corrected chi connectivity index (χ4v) is 6.49. The summed E-state index contributed by atoms with van der Waals surface area (Å²) >= 11 is 0. The van der Waals surface area contributed by atoms with Gasteiger partial charge in [-0.2, -0.15) is 0 Å². The second kappa shape index (κ2) is 14.7. The van der Waals surface area contributed by atoms with Crippen LogP contribution in [0.2, 0.25) is 0 Å². The number of hydrogen-bond donors (Lipinski definition) is 1. The van der Waals surface area contributed by atoms with E-state index in [4.69, 9.17) is 0 Å². The van der Waals surface area contributed by atoms with E-state index in [1.165, 1.54) is 48.7 Å². The van der Waals surface area contributed by atoms with Crippen molar-refractivity contribution in [3.05, 3.63) is 226 Å². The lowest BCUT2D eigenvalue weighted by atomic mass is 9.91. The van der Waals surface area contributed by atoms with E-state index < -0.39 is 0 Å². The molecule has 0 aliphatic carbocycles. The molecule has 0 atom stereocenters. The van der Waals surface area contributed by atoms with Crippen LogP contribution in [0.5, 0.6) is 0 Å². The Morgan fingerprint density at radius 1 is 0.592 bits per heavy atom. The SMILES string of the molecule is C=C/C=c1/cccc/c1=C/Cc1ccc(C(=C)/C=C(/c2ccc(C3=c4ccccc4=CNC3)cc2)c2ccc(-c3ccccc3)cc2)cc1. The normalized spacial score (nSPS) is 13.3. The maximum Gasteiger partial charge on any atom is 0.0407 e. The van der Waals surface area contributed by atoms with Crippen LogP contribution in [0.1, 0.15) is 27.8 Å². The van der Waals surface area contributed by atoms with Crippen LogP contribution in [0, 0.1) is 0 Å². The highest BCUT2D eigenvalue weighted by Crippen LogP contribution is 2.30. The summed E-state index contributed by atoms with van der Waals surface area (Å²) in [5, 5.41) is 8.36. The van der Waals surface area contributed by atoms with Gasteiger partial charge in [0.05, 0.1) is 0 Å². The van der Waals surface area contributed by atoms with E-state index in [0.717, 1.165) is 40.8 Å². The lowest BCUT2D eigenvalue weighted by Gasteiger charge is -2.15. The Kier molecular flexibility index (Phi) is 9.43. The monoisotopic (exact) mass is 629 g/mol. The first-order valence-electron chi connectivity index (χ1n) is 16.8. The van der Waals surface area contributed by atoms with Crippen molar-refractivity contribution in [3.8, 4) is 11.1 Å². The summed E-state index contributed by atoms with van der Waals surface area (Å²) in [6, 6.07) is 54.2. The number of hydrogen-bond acceptors (Lipinski definition) is 1. The van der Waals surface area contributed by atoms with Crippen LogP contribution in [-0.2, 0) is 6.42 Å². The van der Waals surface area contributed by atoms with Crippen molar-refractivity contribution < 1.29 is 0 Å². The van der Waals surface area contributed by atoms with Gasteiger partial charge in [0.25, 0.3) is 0 Å². The zero-order valence-corrected chi connectivity index (χ0v) is 27.6. The zero-order valence-electron chi connectivity index (χ0n) is 27.6. The van der Waals surface area contributed by atoms with Gasteiger partial charge in [-0.05, 0) is 89.0 Å². The Labute approximate surface area is 289 Å². The Balaban J connectivity index is 1.21. The summed E-state index contributed by atoms with van der Waals surface area (Å²) in [5.74, 6) is 0.